The molecule has 1 N–H and O–H groups in total. The molecule has 0 amide bonds. The number of nitrogens with one attached hydrogen (secondary N) is 1. The normalized spacial score (nSPS) is 11.8. The number of alkyl halides is 3. The molecule has 21 heavy (non-hydrogen) atoms. The number of rotatable bonds is 6. The molecule has 2 rings (SSSR count). The molecule has 0 bridgehead atoms. The molecule has 1 aromatic heterocycles. The van der Waals surface area contributed by atoms with Gasteiger partial charge >= 0.3 is 6.18 Å². The van der Waals surface area contributed by atoms with E-state index in [2.05, 4.69) is 22.9 Å². The van der Waals surface area contributed by atoms with Crippen molar-refractivity contribution in [1.82, 2.24) is 9.88 Å². The van der Waals surface area contributed by atoms with Crippen LogP contribution in [0.1, 0.15) is 30.2 Å². The van der Waals surface area contributed by atoms with Gasteiger partial charge in [0.2, 0.25) is 0 Å². The largest absolute Gasteiger partial charge is 0.416 e. The maximum atomic E-state index is 12.5. The second kappa shape index (κ2) is 6.80. The Bertz CT molecular complexity index is 556. The summed E-state index contributed by atoms with van der Waals surface area (Å²) in [7, 11) is 0. The molecule has 0 spiro atoms. The number of benzene rings is 1. The number of nitrogens with zero attached hydrogens (tertiary/aromatic N) is 1. The predicted octanol–water partition coefficient (Wildman–Crippen LogP) is 4.21. The Hall–Kier alpha value is -1.75. The van der Waals surface area contributed by atoms with Gasteiger partial charge in [0.25, 0.3) is 0 Å². The third-order valence-corrected chi connectivity index (χ3v) is 3.30. The van der Waals surface area contributed by atoms with Gasteiger partial charge in [-0.3, -0.25) is 0 Å². The molecule has 0 aliphatic heterocycles. The second-order valence-electron chi connectivity index (χ2n) is 4.99. The van der Waals surface area contributed by atoms with Gasteiger partial charge in [-0.05, 0) is 36.2 Å². The molecule has 0 aliphatic rings. The SMILES string of the molecule is CCCn1cccc1CNCc1ccc(C(F)(F)F)cc1. The van der Waals surface area contributed by atoms with E-state index in [0.29, 0.717) is 13.1 Å². The van der Waals surface area contributed by atoms with E-state index in [1.807, 2.05) is 12.3 Å². The number of hydrogen-bond acceptors (Lipinski definition) is 1. The van der Waals surface area contributed by atoms with Crippen molar-refractivity contribution in [2.45, 2.75) is 39.2 Å². The Morgan fingerprint density at radius 1 is 1.05 bits per heavy atom. The minimum absolute atomic E-state index is 0.551. The van der Waals surface area contributed by atoms with E-state index in [9.17, 15) is 13.2 Å². The van der Waals surface area contributed by atoms with Crippen LogP contribution >= 0.6 is 0 Å². The van der Waals surface area contributed by atoms with Crippen LogP contribution in [0.25, 0.3) is 0 Å². The first-order valence-electron chi connectivity index (χ1n) is 7.01. The zero-order valence-corrected chi connectivity index (χ0v) is 12.0. The summed E-state index contributed by atoms with van der Waals surface area (Å²) in [5.74, 6) is 0. The lowest BCUT2D eigenvalue weighted by Crippen LogP contribution is -2.16. The van der Waals surface area contributed by atoms with Crippen molar-refractivity contribution in [2.24, 2.45) is 0 Å². The van der Waals surface area contributed by atoms with Gasteiger partial charge in [-0.1, -0.05) is 19.1 Å². The average molecular weight is 296 g/mol. The van der Waals surface area contributed by atoms with E-state index in [4.69, 9.17) is 0 Å². The Kier molecular flexibility index (Phi) is 5.07. The Morgan fingerprint density at radius 2 is 1.76 bits per heavy atom. The van der Waals surface area contributed by atoms with Crippen LogP contribution in [0.3, 0.4) is 0 Å². The van der Waals surface area contributed by atoms with Crippen LogP contribution in [0.5, 0.6) is 0 Å². The quantitative estimate of drug-likeness (QED) is 0.845. The van der Waals surface area contributed by atoms with Crippen LogP contribution in [-0.2, 0) is 25.8 Å². The molecule has 2 nitrogen and oxygen atoms in total. The summed E-state index contributed by atoms with van der Waals surface area (Å²) in [6.07, 6.45) is -1.16. The number of aromatic nitrogens is 1. The molecule has 0 unspecified atom stereocenters. The van der Waals surface area contributed by atoms with Crippen molar-refractivity contribution < 1.29 is 13.2 Å². The highest BCUT2D eigenvalue weighted by molar-refractivity contribution is 5.24. The topological polar surface area (TPSA) is 17.0 Å². The molecule has 1 aromatic carbocycles. The van der Waals surface area contributed by atoms with Crippen molar-refractivity contribution in [3.8, 4) is 0 Å². The van der Waals surface area contributed by atoms with E-state index in [0.717, 1.165) is 30.7 Å². The molecule has 0 aliphatic carbocycles. The fourth-order valence-electron chi connectivity index (χ4n) is 2.22. The van der Waals surface area contributed by atoms with Gasteiger partial charge in [-0.2, -0.15) is 13.2 Å². The summed E-state index contributed by atoms with van der Waals surface area (Å²) in [6, 6.07) is 9.33. The molecular weight excluding hydrogens is 277 g/mol. The number of halogens is 3. The molecule has 114 valence electrons. The zero-order valence-electron chi connectivity index (χ0n) is 12.0. The van der Waals surface area contributed by atoms with Gasteiger partial charge in [-0.15, -0.1) is 0 Å². The van der Waals surface area contributed by atoms with Crippen LogP contribution in [-0.4, -0.2) is 4.57 Å². The van der Waals surface area contributed by atoms with Crippen molar-refractivity contribution in [1.29, 1.82) is 0 Å². The smallest absolute Gasteiger partial charge is 0.350 e. The molecule has 0 radical (unpaired) electrons. The Morgan fingerprint density at radius 3 is 2.38 bits per heavy atom. The first kappa shape index (κ1) is 15.6. The molecule has 0 saturated carbocycles. The van der Waals surface area contributed by atoms with E-state index in [1.165, 1.54) is 17.8 Å². The molecule has 0 saturated heterocycles. The van der Waals surface area contributed by atoms with E-state index in [1.54, 1.807) is 0 Å². The Balaban J connectivity index is 1.87. The van der Waals surface area contributed by atoms with Crippen LogP contribution in [0.2, 0.25) is 0 Å². The highest BCUT2D eigenvalue weighted by atomic mass is 19.4. The standard InChI is InChI=1S/C16H19F3N2/c1-2-9-21-10-3-4-15(21)12-20-11-13-5-7-14(8-6-13)16(17,18)19/h3-8,10,20H,2,9,11-12H2,1H3. The second-order valence-corrected chi connectivity index (χ2v) is 4.99. The van der Waals surface area contributed by atoms with Gasteiger partial charge in [0, 0.05) is 31.5 Å². The predicted molar refractivity (Wildman–Crippen MR) is 76.7 cm³/mol. The molecule has 1 heterocycles. The lowest BCUT2D eigenvalue weighted by molar-refractivity contribution is -0.137. The van der Waals surface area contributed by atoms with Gasteiger partial charge in [-0.25, -0.2) is 0 Å². The van der Waals surface area contributed by atoms with Gasteiger partial charge in [0.15, 0.2) is 0 Å². The van der Waals surface area contributed by atoms with Gasteiger partial charge in [0.05, 0.1) is 5.56 Å². The van der Waals surface area contributed by atoms with Gasteiger partial charge < -0.3 is 9.88 Å². The summed E-state index contributed by atoms with van der Waals surface area (Å²) in [5, 5.41) is 3.26. The van der Waals surface area contributed by atoms with E-state index >= 15 is 0 Å². The maximum Gasteiger partial charge on any atom is 0.416 e. The van der Waals surface area contributed by atoms with Crippen LogP contribution in [0.4, 0.5) is 13.2 Å². The highest BCUT2D eigenvalue weighted by Crippen LogP contribution is 2.29. The summed E-state index contributed by atoms with van der Waals surface area (Å²) < 4.78 is 39.5. The fourth-order valence-corrected chi connectivity index (χ4v) is 2.22. The number of aryl methyl sites for hydroxylation is 1. The molecule has 0 fully saturated rings. The summed E-state index contributed by atoms with van der Waals surface area (Å²) >= 11 is 0. The molecule has 5 heteroatoms. The number of hydrogen-bond donors (Lipinski definition) is 1. The van der Waals surface area contributed by atoms with Crippen molar-refractivity contribution >= 4 is 0 Å². The minimum atomic E-state index is -4.27. The van der Waals surface area contributed by atoms with Gasteiger partial charge in [0.1, 0.15) is 0 Å². The van der Waals surface area contributed by atoms with Crippen LogP contribution < -0.4 is 5.32 Å². The van der Waals surface area contributed by atoms with E-state index in [-0.39, 0.29) is 0 Å². The third-order valence-electron chi connectivity index (χ3n) is 3.30. The van der Waals surface area contributed by atoms with E-state index < -0.39 is 11.7 Å². The van der Waals surface area contributed by atoms with Crippen molar-refractivity contribution in [3.05, 3.63) is 59.4 Å². The fraction of sp³-hybridized carbons (Fsp3) is 0.375. The highest BCUT2D eigenvalue weighted by Gasteiger charge is 2.29. The first-order valence-corrected chi connectivity index (χ1v) is 7.01. The zero-order chi connectivity index (χ0) is 15.3. The first-order chi connectivity index (χ1) is 10.0. The summed E-state index contributed by atoms with van der Waals surface area (Å²) in [6.45, 7) is 4.35. The maximum absolute atomic E-state index is 12.5. The summed E-state index contributed by atoms with van der Waals surface area (Å²) in [5.41, 5.74) is 1.42. The molecule has 0 atom stereocenters. The van der Waals surface area contributed by atoms with Crippen LogP contribution in [0, 0.1) is 0 Å². The molecular formula is C16H19F3N2. The lowest BCUT2D eigenvalue weighted by atomic mass is 10.1. The average Bonchev–Trinajstić information content (AvgIpc) is 2.86. The monoisotopic (exact) mass is 296 g/mol. The minimum Gasteiger partial charge on any atom is -0.350 e. The van der Waals surface area contributed by atoms with Crippen molar-refractivity contribution in [3.63, 3.8) is 0 Å². The Labute approximate surface area is 122 Å². The molecule has 2 aromatic rings. The third kappa shape index (κ3) is 4.36. The van der Waals surface area contributed by atoms with Crippen LogP contribution in [0.15, 0.2) is 42.6 Å². The summed E-state index contributed by atoms with van der Waals surface area (Å²) in [4.78, 5) is 0. The lowest BCUT2D eigenvalue weighted by Gasteiger charge is -2.10. The van der Waals surface area contributed by atoms with Crippen molar-refractivity contribution in [2.75, 3.05) is 0 Å².